The Morgan fingerprint density at radius 1 is 1.38 bits per heavy atom. The lowest BCUT2D eigenvalue weighted by atomic mass is 9.88. The smallest absolute Gasteiger partial charge is 0.0612 e. The fourth-order valence-corrected chi connectivity index (χ4v) is 2.73. The van der Waals surface area contributed by atoms with E-state index >= 15 is 0 Å². The highest BCUT2D eigenvalue weighted by Gasteiger charge is 2.33. The minimum absolute atomic E-state index is 0.0132. The number of hydrogen-bond acceptors (Lipinski definition) is 3. The molecule has 1 unspecified atom stereocenters. The molecule has 0 saturated heterocycles. The topological polar surface area (TPSA) is 21.3 Å². The SMILES string of the molecule is CCSCC(C)NC1CC(OC(C)(C)C)C1. The first-order valence-electron chi connectivity index (χ1n) is 6.42. The van der Waals surface area contributed by atoms with Gasteiger partial charge in [0, 0.05) is 17.8 Å². The Hall–Kier alpha value is 0.270. The Morgan fingerprint density at radius 3 is 2.50 bits per heavy atom. The molecule has 0 aromatic heterocycles. The van der Waals surface area contributed by atoms with Crippen molar-refractivity contribution >= 4 is 11.8 Å². The fourth-order valence-electron chi connectivity index (χ4n) is 2.04. The van der Waals surface area contributed by atoms with E-state index in [1.807, 2.05) is 11.8 Å². The Bertz CT molecular complexity index is 197. The van der Waals surface area contributed by atoms with E-state index in [0.29, 0.717) is 18.2 Å². The van der Waals surface area contributed by atoms with Crippen molar-refractivity contribution in [2.24, 2.45) is 0 Å². The van der Waals surface area contributed by atoms with Crippen LogP contribution >= 0.6 is 11.8 Å². The van der Waals surface area contributed by atoms with Crippen molar-refractivity contribution in [2.75, 3.05) is 11.5 Å². The van der Waals surface area contributed by atoms with Gasteiger partial charge in [-0.2, -0.15) is 11.8 Å². The van der Waals surface area contributed by atoms with Crippen molar-refractivity contribution in [3.63, 3.8) is 0 Å². The highest BCUT2D eigenvalue weighted by Crippen LogP contribution is 2.28. The van der Waals surface area contributed by atoms with E-state index in [2.05, 4.69) is 39.9 Å². The molecular weight excluding hydrogens is 218 g/mol. The maximum absolute atomic E-state index is 5.92. The van der Waals surface area contributed by atoms with Crippen molar-refractivity contribution in [3.05, 3.63) is 0 Å². The van der Waals surface area contributed by atoms with Crippen molar-refractivity contribution in [3.8, 4) is 0 Å². The third kappa shape index (κ3) is 5.55. The third-order valence-electron chi connectivity index (χ3n) is 2.71. The van der Waals surface area contributed by atoms with Gasteiger partial charge in [0.05, 0.1) is 11.7 Å². The van der Waals surface area contributed by atoms with Gasteiger partial charge in [-0.25, -0.2) is 0 Å². The van der Waals surface area contributed by atoms with Gasteiger partial charge in [0.25, 0.3) is 0 Å². The zero-order valence-corrected chi connectivity index (χ0v) is 12.2. The molecule has 0 radical (unpaired) electrons. The Balaban J connectivity index is 2.07. The van der Waals surface area contributed by atoms with Crippen LogP contribution in [0.15, 0.2) is 0 Å². The van der Waals surface area contributed by atoms with E-state index in [-0.39, 0.29) is 5.60 Å². The summed E-state index contributed by atoms with van der Waals surface area (Å²) in [5.41, 5.74) is 0.0132. The fraction of sp³-hybridized carbons (Fsp3) is 1.00. The molecule has 1 atom stereocenters. The van der Waals surface area contributed by atoms with Gasteiger partial charge in [0.15, 0.2) is 0 Å². The van der Waals surface area contributed by atoms with Crippen LogP contribution in [0.2, 0.25) is 0 Å². The maximum Gasteiger partial charge on any atom is 0.0612 e. The second-order valence-electron chi connectivity index (χ2n) is 5.75. The highest BCUT2D eigenvalue weighted by atomic mass is 32.2. The second-order valence-corrected chi connectivity index (χ2v) is 7.07. The Labute approximate surface area is 105 Å². The summed E-state index contributed by atoms with van der Waals surface area (Å²) in [6.07, 6.45) is 2.83. The average Bonchev–Trinajstić information content (AvgIpc) is 2.09. The first kappa shape index (κ1) is 14.3. The van der Waals surface area contributed by atoms with Gasteiger partial charge in [-0.3, -0.25) is 0 Å². The van der Waals surface area contributed by atoms with E-state index in [1.54, 1.807) is 0 Å². The summed E-state index contributed by atoms with van der Waals surface area (Å²) in [6, 6.07) is 1.31. The van der Waals surface area contributed by atoms with Crippen molar-refractivity contribution < 1.29 is 4.74 Å². The molecule has 96 valence electrons. The first-order valence-corrected chi connectivity index (χ1v) is 7.57. The van der Waals surface area contributed by atoms with Gasteiger partial charge in [-0.1, -0.05) is 6.92 Å². The van der Waals surface area contributed by atoms with Crippen molar-refractivity contribution in [1.29, 1.82) is 0 Å². The Kier molecular flexibility index (Phi) is 5.62. The molecule has 3 heteroatoms. The minimum Gasteiger partial charge on any atom is -0.373 e. The minimum atomic E-state index is 0.0132. The number of nitrogens with one attached hydrogen (secondary N) is 1. The van der Waals surface area contributed by atoms with E-state index in [9.17, 15) is 0 Å². The number of rotatable bonds is 6. The summed E-state index contributed by atoms with van der Waals surface area (Å²) in [6.45, 7) is 10.9. The Morgan fingerprint density at radius 2 is 2.00 bits per heavy atom. The largest absolute Gasteiger partial charge is 0.373 e. The van der Waals surface area contributed by atoms with Crippen LogP contribution in [0.3, 0.4) is 0 Å². The lowest BCUT2D eigenvalue weighted by molar-refractivity contribution is -0.103. The molecule has 0 spiro atoms. The molecule has 1 saturated carbocycles. The summed E-state index contributed by atoms with van der Waals surface area (Å²) >= 11 is 2.01. The molecule has 0 bridgehead atoms. The number of ether oxygens (including phenoxy) is 1. The van der Waals surface area contributed by atoms with E-state index in [0.717, 1.165) is 0 Å². The highest BCUT2D eigenvalue weighted by molar-refractivity contribution is 7.99. The van der Waals surface area contributed by atoms with Gasteiger partial charge >= 0.3 is 0 Å². The van der Waals surface area contributed by atoms with Crippen molar-refractivity contribution in [1.82, 2.24) is 5.32 Å². The summed E-state index contributed by atoms with van der Waals surface area (Å²) in [7, 11) is 0. The van der Waals surface area contributed by atoms with Crippen LogP contribution < -0.4 is 5.32 Å². The van der Waals surface area contributed by atoms with Crippen molar-refractivity contribution in [2.45, 2.75) is 71.2 Å². The summed E-state index contributed by atoms with van der Waals surface area (Å²) in [4.78, 5) is 0. The number of hydrogen-bond donors (Lipinski definition) is 1. The molecule has 0 aromatic rings. The maximum atomic E-state index is 5.92. The molecule has 1 fully saturated rings. The van der Waals surface area contributed by atoms with Crippen LogP contribution in [0.4, 0.5) is 0 Å². The molecule has 1 N–H and O–H groups in total. The van der Waals surface area contributed by atoms with Crippen LogP contribution in [0.1, 0.15) is 47.5 Å². The molecular formula is C13H27NOS. The van der Waals surface area contributed by atoms with Gasteiger partial charge in [0.2, 0.25) is 0 Å². The zero-order valence-electron chi connectivity index (χ0n) is 11.4. The van der Waals surface area contributed by atoms with Crippen LogP contribution in [0.25, 0.3) is 0 Å². The molecule has 1 aliphatic rings. The lowest BCUT2D eigenvalue weighted by Gasteiger charge is -2.40. The monoisotopic (exact) mass is 245 g/mol. The molecule has 0 aromatic carbocycles. The molecule has 0 amide bonds. The lowest BCUT2D eigenvalue weighted by Crippen LogP contribution is -2.50. The van der Waals surface area contributed by atoms with Gasteiger partial charge in [-0.05, 0) is 46.3 Å². The average molecular weight is 245 g/mol. The van der Waals surface area contributed by atoms with Crippen LogP contribution in [0, 0.1) is 0 Å². The van der Waals surface area contributed by atoms with Crippen LogP contribution in [-0.4, -0.2) is 35.3 Å². The molecule has 16 heavy (non-hydrogen) atoms. The summed E-state index contributed by atoms with van der Waals surface area (Å²) < 4.78 is 5.92. The van der Waals surface area contributed by atoms with Crippen LogP contribution in [-0.2, 0) is 4.74 Å². The quantitative estimate of drug-likeness (QED) is 0.777. The van der Waals surface area contributed by atoms with E-state index in [4.69, 9.17) is 4.74 Å². The van der Waals surface area contributed by atoms with Gasteiger partial charge in [-0.15, -0.1) is 0 Å². The molecule has 0 heterocycles. The first-order chi connectivity index (χ1) is 7.40. The number of thioether (sulfide) groups is 1. The zero-order chi connectivity index (χ0) is 12.2. The molecule has 1 rings (SSSR count). The van der Waals surface area contributed by atoms with Gasteiger partial charge in [0.1, 0.15) is 0 Å². The molecule has 1 aliphatic carbocycles. The van der Waals surface area contributed by atoms with E-state index in [1.165, 1.54) is 24.3 Å². The summed E-state index contributed by atoms with van der Waals surface area (Å²) in [5, 5.41) is 3.67. The second kappa shape index (κ2) is 6.27. The van der Waals surface area contributed by atoms with E-state index < -0.39 is 0 Å². The third-order valence-corrected chi connectivity index (χ3v) is 3.85. The van der Waals surface area contributed by atoms with Crippen LogP contribution in [0.5, 0.6) is 0 Å². The summed E-state index contributed by atoms with van der Waals surface area (Å²) in [5.74, 6) is 2.43. The molecule has 2 nitrogen and oxygen atoms in total. The predicted octanol–water partition coefficient (Wildman–Crippen LogP) is 3.06. The van der Waals surface area contributed by atoms with Gasteiger partial charge < -0.3 is 10.1 Å². The molecule has 0 aliphatic heterocycles. The standard InChI is InChI=1S/C13H27NOS/c1-6-16-9-10(2)14-11-7-12(8-11)15-13(3,4)5/h10-12,14H,6-9H2,1-5H3. The normalized spacial score (nSPS) is 27.6. The predicted molar refractivity (Wildman–Crippen MR) is 73.2 cm³/mol.